The van der Waals surface area contributed by atoms with Crippen LogP contribution in [-0.2, 0) is 12.8 Å². The van der Waals surface area contributed by atoms with Crippen LogP contribution in [0.5, 0.6) is 0 Å². The lowest BCUT2D eigenvalue weighted by atomic mass is 10.1. The Kier molecular flexibility index (Phi) is 3.59. The third-order valence-electron chi connectivity index (χ3n) is 2.78. The van der Waals surface area contributed by atoms with Gasteiger partial charge in [0.05, 0.1) is 0 Å². The van der Waals surface area contributed by atoms with Crippen LogP contribution >= 0.6 is 0 Å². The van der Waals surface area contributed by atoms with Gasteiger partial charge in [-0.15, -0.1) is 0 Å². The summed E-state index contributed by atoms with van der Waals surface area (Å²) in [6.45, 7) is 4.14. The molecule has 0 spiro atoms. The van der Waals surface area contributed by atoms with E-state index in [1.165, 1.54) is 5.56 Å². The van der Waals surface area contributed by atoms with Crippen LogP contribution in [0.25, 0.3) is 5.69 Å². The number of imidazole rings is 1. The highest BCUT2D eigenvalue weighted by atomic mass is 15.1. The summed E-state index contributed by atoms with van der Waals surface area (Å²) in [6.07, 6.45) is 5.69. The molecular weight excluding hydrogens is 210 g/mol. The molecule has 0 amide bonds. The molecule has 3 heteroatoms. The Balaban J connectivity index is 2.33. The predicted molar refractivity (Wildman–Crippen MR) is 70.3 cm³/mol. The topological polar surface area (TPSA) is 43.8 Å². The number of aromatic nitrogens is 2. The lowest BCUT2D eigenvalue weighted by Gasteiger charge is -2.10. The molecule has 17 heavy (non-hydrogen) atoms. The van der Waals surface area contributed by atoms with Gasteiger partial charge in [-0.05, 0) is 31.0 Å². The monoisotopic (exact) mass is 229 g/mol. The first-order valence-electron chi connectivity index (χ1n) is 6.08. The van der Waals surface area contributed by atoms with Gasteiger partial charge in [0.1, 0.15) is 5.82 Å². The molecular formula is C14H19N3. The maximum absolute atomic E-state index is 5.83. The van der Waals surface area contributed by atoms with Crippen molar-refractivity contribution in [1.82, 2.24) is 9.55 Å². The summed E-state index contributed by atoms with van der Waals surface area (Å²) < 4.78 is 2.13. The minimum Gasteiger partial charge on any atom is -0.328 e. The van der Waals surface area contributed by atoms with Gasteiger partial charge in [0.25, 0.3) is 0 Å². The van der Waals surface area contributed by atoms with E-state index in [-0.39, 0.29) is 6.04 Å². The number of aryl methyl sites for hydroxylation is 1. The fraction of sp³-hybridized carbons (Fsp3) is 0.357. The summed E-state index contributed by atoms with van der Waals surface area (Å²) in [5.74, 6) is 1.09. The fourth-order valence-electron chi connectivity index (χ4n) is 2.04. The third kappa shape index (κ3) is 2.74. The zero-order valence-corrected chi connectivity index (χ0v) is 10.4. The quantitative estimate of drug-likeness (QED) is 0.874. The summed E-state index contributed by atoms with van der Waals surface area (Å²) in [7, 11) is 0. The molecule has 1 aromatic carbocycles. The second-order valence-electron chi connectivity index (χ2n) is 4.42. The molecule has 2 rings (SSSR count). The van der Waals surface area contributed by atoms with Crippen molar-refractivity contribution in [3.05, 3.63) is 48.0 Å². The van der Waals surface area contributed by atoms with Crippen LogP contribution < -0.4 is 5.73 Å². The molecule has 0 aliphatic carbocycles. The average molecular weight is 229 g/mol. The first-order chi connectivity index (χ1) is 8.20. The Morgan fingerprint density at radius 2 is 2.24 bits per heavy atom. The Morgan fingerprint density at radius 3 is 2.94 bits per heavy atom. The van der Waals surface area contributed by atoms with E-state index in [0.717, 1.165) is 24.4 Å². The summed E-state index contributed by atoms with van der Waals surface area (Å²) in [5, 5.41) is 0. The molecule has 0 bridgehead atoms. The maximum atomic E-state index is 5.83. The predicted octanol–water partition coefficient (Wildman–Crippen LogP) is 2.32. The number of hydrogen-bond donors (Lipinski definition) is 1. The second-order valence-corrected chi connectivity index (χ2v) is 4.42. The van der Waals surface area contributed by atoms with Crippen LogP contribution in [0.1, 0.15) is 25.2 Å². The average Bonchev–Trinajstić information content (AvgIpc) is 2.76. The van der Waals surface area contributed by atoms with Crippen LogP contribution in [0.2, 0.25) is 0 Å². The standard InChI is InChI=1S/C14H19N3/c1-3-14-16-7-8-17(14)13-6-4-5-12(10-13)9-11(2)15/h4-8,10-11H,3,9,15H2,1-2H3. The van der Waals surface area contributed by atoms with Crippen molar-refractivity contribution in [1.29, 1.82) is 0 Å². The number of nitrogens with two attached hydrogens (primary N) is 1. The molecule has 2 N–H and O–H groups in total. The number of benzene rings is 1. The smallest absolute Gasteiger partial charge is 0.112 e. The van der Waals surface area contributed by atoms with Gasteiger partial charge in [-0.3, -0.25) is 0 Å². The molecule has 0 saturated carbocycles. The third-order valence-corrected chi connectivity index (χ3v) is 2.78. The molecule has 0 fully saturated rings. The van der Waals surface area contributed by atoms with Gasteiger partial charge >= 0.3 is 0 Å². The highest BCUT2D eigenvalue weighted by molar-refractivity contribution is 5.37. The van der Waals surface area contributed by atoms with Crippen LogP contribution in [0.4, 0.5) is 0 Å². The summed E-state index contributed by atoms with van der Waals surface area (Å²) in [6, 6.07) is 8.68. The molecule has 90 valence electrons. The molecule has 1 atom stereocenters. The lowest BCUT2D eigenvalue weighted by Crippen LogP contribution is -2.17. The highest BCUT2D eigenvalue weighted by Gasteiger charge is 2.04. The van der Waals surface area contributed by atoms with E-state index >= 15 is 0 Å². The highest BCUT2D eigenvalue weighted by Crippen LogP contribution is 2.14. The van der Waals surface area contributed by atoms with Crippen molar-refractivity contribution < 1.29 is 0 Å². The molecule has 1 aromatic heterocycles. The van der Waals surface area contributed by atoms with E-state index in [4.69, 9.17) is 5.73 Å². The van der Waals surface area contributed by atoms with E-state index in [2.05, 4.69) is 40.7 Å². The number of hydrogen-bond acceptors (Lipinski definition) is 2. The molecule has 2 aromatic rings. The van der Waals surface area contributed by atoms with E-state index in [9.17, 15) is 0 Å². The van der Waals surface area contributed by atoms with Gasteiger partial charge in [0.2, 0.25) is 0 Å². The molecule has 3 nitrogen and oxygen atoms in total. The summed E-state index contributed by atoms with van der Waals surface area (Å²) in [5.41, 5.74) is 8.27. The fourth-order valence-corrected chi connectivity index (χ4v) is 2.04. The van der Waals surface area contributed by atoms with Crippen LogP contribution in [0, 0.1) is 0 Å². The Hall–Kier alpha value is -1.61. The molecule has 1 unspecified atom stereocenters. The minimum atomic E-state index is 0.193. The molecule has 0 saturated heterocycles. The first kappa shape index (κ1) is 11.9. The van der Waals surface area contributed by atoms with E-state index in [1.54, 1.807) is 0 Å². The maximum Gasteiger partial charge on any atom is 0.112 e. The van der Waals surface area contributed by atoms with Crippen molar-refractivity contribution in [2.45, 2.75) is 32.7 Å². The first-order valence-corrected chi connectivity index (χ1v) is 6.08. The largest absolute Gasteiger partial charge is 0.328 e. The van der Waals surface area contributed by atoms with Gasteiger partial charge < -0.3 is 10.3 Å². The summed E-state index contributed by atoms with van der Waals surface area (Å²) in [4.78, 5) is 4.34. The van der Waals surface area contributed by atoms with E-state index < -0.39 is 0 Å². The Morgan fingerprint density at radius 1 is 1.41 bits per heavy atom. The molecule has 0 radical (unpaired) electrons. The second kappa shape index (κ2) is 5.15. The van der Waals surface area contributed by atoms with Gasteiger partial charge in [0.15, 0.2) is 0 Å². The SMILES string of the molecule is CCc1nccn1-c1cccc(CC(C)N)c1. The van der Waals surface area contributed by atoms with E-state index in [1.807, 2.05) is 19.3 Å². The number of rotatable bonds is 4. The Labute approximate surface area is 102 Å². The van der Waals surface area contributed by atoms with Crippen molar-refractivity contribution in [3.8, 4) is 5.69 Å². The normalized spacial score (nSPS) is 12.6. The van der Waals surface area contributed by atoms with Gasteiger partial charge in [-0.2, -0.15) is 0 Å². The molecule has 0 aliphatic heterocycles. The van der Waals surface area contributed by atoms with Crippen molar-refractivity contribution in [2.24, 2.45) is 5.73 Å². The van der Waals surface area contributed by atoms with Crippen LogP contribution in [0.15, 0.2) is 36.7 Å². The Bertz CT molecular complexity index is 486. The van der Waals surface area contributed by atoms with E-state index in [0.29, 0.717) is 0 Å². The van der Waals surface area contributed by atoms with Gasteiger partial charge in [-0.1, -0.05) is 19.1 Å². The van der Waals surface area contributed by atoms with Crippen LogP contribution in [0.3, 0.4) is 0 Å². The van der Waals surface area contributed by atoms with Gasteiger partial charge in [-0.25, -0.2) is 4.98 Å². The zero-order valence-electron chi connectivity index (χ0n) is 10.4. The molecule has 0 aliphatic rings. The van der Waals surface area contributed by atoms with Crippen molar-refractivity contribution >= 4 is 0 Å². The van der Waals surface area contributed by atoms with Crippen molar-refractivity contribution in [2.75, 3.05) is 0 Å². The van der Waals surface area contributed by atoms with Crippen LogP contribution in [-0.4, -0.2) is 15.6 Å². The minimum absolute atomic E-state index is 0.193. The summed E-state index contributed by atoms with van der Waals surface area (Å²) >= 11 is 0. The number of nitrogens with zero attached hydrogens (tertiary/aromatic N) is 2. The lowest BCUT2D eigenvalue weighted by molar-refractivity contribution is 0.737. The van der Waals surface area contributed by atoms with Crippen molar-refractivity contribution in [3.63, 3.8) is 0 Å². The molecule has 1 heterocycles. The van der Waals surface area contributed by atoms with Gasteiger partial charge in [0, 0.05) is 30.5 Å². The zero-order chi connectivity index (χ0) is 12.3.